The number of benzene rings is 3. The Morgan fingerprint density at radius 2 is 1.15 bits per heavy atom. The number of unbranched alkanes of at least 4 members (excludes halogenated alkanes) is 5. The molecule has 256 valence electrons. The molecule has 3 aromatic carbocycles. The molecule has 1 aliphatic rings. The third kappa shape index (κ3) is 13.3. The van der Waals surface area contributed by atoms with Gasteiger partial charge < -0.3 is 33.7 Å². The number of fused-ring (bicyclic) bond motifs is 3. The SMILES string of the molecule is CCCCCCCCc1ccc(OCCOCCOCCOCCOCCNC(=O)OCC2c3ccccc3-c3ccccc32)cc1. The van der Waals surface area contributed by atoms with Crippen molar-refractivity contribution < 1.29 is 33.2 Å². The van der Waals surface area contributed by atoms with Gasteiger partial charge in [-0.15, -0.1) is 0 Å². The van der Waals surface area contributed by atoms with Gasteiger partial charge in [0.25, 0.3) is 0 Å². The van der Waals surface area contributed by atoms with Gasteiger partial charge in [0.05, 0.1) is 52.9 Å². The lowest BCUT2D eigenvalue weighted by Crippen LogP contribution is -2.29. The molecule has 1 amide bonds. The molecule has 4 rings (SSSR count). The third-order valence-corrected chi connectivity index (χ3v) is 8.21. The smallest absolute Gasteiger partial charge is 0.407 e. The molecule has 8 nitrogen and oxygen atoms in total. The zero-order chi connectivity index (χ0) is 32.8. The van der Waals surface area contributed by atoms with Crippen molar-refractivity contribution in [3.63, 3.8) is 0 Å². The van der Waals surface area contributed by atoms with Crippen LogP contribution in [0.1, 0.15) is 68.1 Å². The minimum atomic E-state index is -0.441. The number of hydrogen-bond donors (Lipinski definition) is 1. The average Bonchev–Trinajstić information content (AvgIpc) is 3.42. The van der Waals surface area contributed by atoms with Crippen LogP contribution in [-0.4, -0.2) is 78.7 Å². The van der Waals surface area contributed by atoms with Crippen LogP contribution in [0.15, 0.2) is 72.8 Å². The second-order valence-corrected chi connectivity index (χ2v) is 11.7. The van der Waals surface area contributed by atoms with Crippen molar-refractivity contribution in [3.8, 4) is 16.9 Å². The molecule has 0 aromatic heterocycles. The minimum absolute atomic E-state index is 0.0471. The number of amides is 1. The van der Waals surface area contributed by atoms with Crippen LogP contribution < -0.4 is 10.1 Å². The second-order valence-electron chi connectivity index (χ2n) is 11.7. The molecule has 0 fully saturated rings. The van der Waals surface area contributed by atoms with Crippen LogP contribution in [0.2, 0.25) is 0 Å². The topological polar surface area (TPSA) is 84.5 Å². The van der Waals surface area contributed by atoms with Gasteiger partial charge in [0, 0.05) is 12.5 Å². The Hall–Kier alpha value is -3.43. The lowest BCUT2D eigenvalue weighted by Gasteiger charge is -2.14. The van der Waals surface area contributed by atoms with Crippen molar-refractivity contribution in [2.75, 3.05) is 72.6 Å². The maximum absolute atomic E-state index is 12.2. The number of alkyl carbamates (subject to hydrolysis) is 1. The van der Waals surface area contributed by atoms with E-state index in [1.54, 1.807) is 0 Å². The zero-order valence-electron chi connectivity index (χ0n) is 28.1. The Morgan fingerprint density at radius 3 is 1.77 bits per heavy atom. The lowest BCUT2D eigenvalue weighted by molar-refractivity contribution is -0.00427. The van der Waals surface area contributed by atoms with E-state index in [-0.39, 0.29) is 5.92 Å². The molecule has 0 spiro atoms. The summed E-state index contributed by atoms with van der Waals surface area (Å²) in [5, 5.41) is 2.75. The molecular formula is C39H53NO7. The van der Waals surface area contributed by atoms with Crippen LogP contribution in [0.25, 0.3) is 11.1 Å². The van der Waals surface area contributed by atoms with Gasteiger partial charge in [-0.05, 0) is 52.8 Å². The monoisotopic (exact) mass is 647 g/mol. The first-order valence-corrected chi connectivity index (χ1v) is 17.4. The van der Waals surface area contributed by atoms with Crippen LogP contribution >= 0.6 is 0 Å². The van der Waals surface area contributed by atoms with Crippen LogP contribution in [0, 0.1) is 0 Å². The largest absolute Gasteiger partial charge is 0.491 e. The molecule has 0 unspecified atom stereocenters. The highest BCUT2D eigenvalue weighted by molar-refractivity contribution is 5.79. The Balaban J connectivity index is 0.893. The first-order valence-electron chi connectivity index (χ1n) is 17.4. The Morgan fingerprint density at radius 1 is 0.617 bits per heavy atom. The van der Waals surface area contributed by atoms with Crippen molar-refractivity contribution in [2.24, 2.45) is 0 Å². The molecular weight excluding hydrogens is 594 g/mol. The molecule has 0 heterocycles. The van der Waals surface area contributed by atoms with E-state index in [0.29, 0.717) is 72.6 Å². The summed E-state index contributed by atoms with van der Waals surface area (Å²) in [5.41, 5.74) is 6.18. The third-order valence-electron chi connectivity index (χ3n) is 8.21. The molecule has 0 radical (unpaired) electrons. The summed E-state index contributed by atoms with van der Waals surface area (Å²) in [6, 6.07) is 25.0. The number of nitrogens with one attached hydrogen (secondary N) is 1. The first kappa shape index (κ1) is 36.4. The van der Waals surface area contributed by atoms with E-state index < -0.39 is 6.09 Å². The van der Waals surface area contributed by atoms with E-state index in [9.17, 15) is 4.79 Å². The molecule has 0 atom stereocenters. The van der Waals surface area contributed by atoms with E-state index >= 15 is 0 Å². The fourth-order valence-electron chi connectivity index (χ4n) is 5.72. The van der Waals surface area contributed by atoms with E-state index in [2.05, 4.69) is 48.6 Å². The van der Waals surface area contributed by atoms with Gasteiger partial charge in [0.15, 0.2) is 0 Å². The van der Waals surface area contributed by atoms with Crippen molar-refractivity contribution in [1.82, 2.24) is 5.32 Å². The number of rotatable bonds is 25. The average molecular weight is 648 g/mol. The molecule has 0 bridgehead atoms. The summed E-state index contributed by atoms with van der Waals surface area (Å²) >= 11 is 0. The first-order chi connectivity index (χ1) is 23.3. The van der Waals surface area contributed by atoms with Crippen LogP contribution in [0.5, 0.6) is 5.75 Å². The highest BCUT2D eigenvalue weighted by atomic mass is 16.6. The van der Waals surface area contributed by atoms with Gasteiger partial charge >= 0.3 is 6.09 Å². The minimum Gasteiger partial charge on any atom is -0.491 e. The predicted molar refractivity (Wildman–Crippen MR) is 185 cm³/mol. The maximum atomic E-state index is 12.2. The lowest BCUT2D eigenvalue weighted by atomic mass is 9.98. The molecule has 0 aliphatic heterocycles. The van der Waals surface area contributed by atoms with Crippen molar-refractivity contribution in [3.05, 3.63) is 89.5 Å². The summed E-state index contributed by atoms with van der Waals surface area (Å²) in [4.78, 5) is 12.2. The number of aryl methyl sites for hydroxylation is 1. The summed E-state index contributed by atoms with van der Waals surface area (Å²) in [6.07, 6.45) is 8.63. The molecule has 1 N–H and O–H groups in total. The van der Waals surface area contributed by atoms with Gasteiger partial charge in [-0.3, -0.25) is 0 Å². The molecule has 3 aromatic rings. The summed E-state index contributed by atoms with van der Waals surface area (Å²) in [5.74, 6) is 0.926. The van der Waals surface area contributed by atoms with E-state index in [1.165, 1.54) is 66.3 Å². The van der Waals surface area contributed by atoms with Crippen LogP contribution in [0.3, 0.4) is 0 Å². The quantitative estimate of drug-likeness (QED) is 0.0950. The fraction of sp³-hybridized carbons (Fsp3) is 0.513. The summed E-state index contributed by atoms with van der Waals surface area (Å²) < 4.78 is 33.5. The number of hydrogen-bond acceptors (Lipinski definition) is 7. The van der Waals surface area contributed by atoms with Crippen molar-refractivity contribution >= 4 is 6.09 Å². The summed E-state index contributed by atoms with van der Waals surface area (Å²) in [7, 11) is 0. The van der Waals surface area contributed by atoms with Gasteiger partial charge in [-0.2, -0.15) is 0 Å². The fourth-order valence-corrected chi connectivity index (χ4v) is 5.72. The van der Waals surface area contributed by atoms with E-state index in [0.717, 1.165) is 12.2 Å². The highest BCUT2D eigenvalue weighted by Gasteiger charge is 2.28. The summed E-state index contributed by atoms with van der Waals surface area (Å²) in [6.45, 7) is 7.25. The standard InChI is InChI=1S/C39H53NO7/c1-2-3-4-5-6-7-12-32-17-19-33(20-18-32)46-30-29-45-28-27-44-26-25-43-24-23-42-22-21-40-39(41)47-31-38-36-15-10-8-13-34(36)35-14-9-11-16-37(35)38/h8-11,13-20,38H,2-7,12,21-31H2,1H3,(H,40,41). The van der Waals surface area contributed by atoms with Crippen LogP contribution in [-0.2, 0) is 30.1 Å². The number of ether oxygens (including phenoxy) is 6. The predicted octanol–water partition coefficient (Wildman–Crippen LogP) is 7.57. The molecule has 8 heteroatoms. The molecule has 0 saturated heterocycles. The van der Waals surface area contributed by atoms with Gasteiger partial charge in [0.1, 0.15) is 19.0 Å². The maximum Gasteiger partial charge on any atom is 0.407 e. The normalized spacial score (nSPS) is 12.1. The number of carbonyl (C=O) groups excluding carboxylic acids is 1. The van der Waals surface area contributed by atoms with Gasteiger partial charge in [-0.25, -0.2) is 4.79 Å². The highest BCUT2D eigenvalue weighted by Crippen LogP contribution is 2.44. The molecule has 0 saturated carbocycles. The Kier molecular flexibility index (Phi) is 17.2. The van der Waals surface area contributed by atoms with Crippen LogP contribution in [0.4, 0.5) is 4.79 Å². The number of carbonyl (C=O) groups is 1. The Bertz CT molecular complexity index is 1240. The Labute approximate surface area is 281 Å². The second kappa shape index (κ2) is 22.2. The molecule has 47 heavy (non-hydrogen) atoms. The van der Waals surface area contributed by atoms with Gasteiger partial charge in [-0.1, -0.05) is 99.7 Å². The van der Waals surface area contributed by atoms with E-state index in [4.69, 9.17) is 28.4 Å². The van der Waals surface area contributed by atoms with Crippen molar-refractivity contribution in [2.45, 2.75) is 57.8 Å². The zero-order valence-corrected chi connectivity index (χ0v) is 28.1. The van der Waals surface area contributed by atoms with E-state index in [1.807, 2.05) is 36.4 Å². The van der Waals surface area contributed by atoms with Crippen molar-refractivity contribution in [1.29, 1.82) is 0 Å². The van der Waals surface area contributed by atoms with Gasteiger partial charge in [0.2, 0.25) is 0 Å². The molecule has 1 aliphatic carbocycles.